The van der Waals surface area contributed by atoms with Gasteiger partial charge in [0.05, 0.1) is 17.6 Å². The molecule has 7 nitrogen and oxygen atoms in total. The minimum absolute atomic E-state index is 0.0601. The molecule has 1 amide bonds. The number of hydrogen-bond acceptors (Lipinski definition) is 5. The van der Waals surface area contributed by atoms with Crippen LogP contribution in [0.4, 0.5) is 0 Å². The van der Waals surface area contributed by atoms with Crippen LogP contribution in [0.25, 0.3) is 0 Å². The first-order valence-corrected chi connectivity index (χ1v) is 10.5. The number of nitrogens with one attached hydrogen (secondary N) is 2. The Morgan fingerprint density at radius 3 is 2.54 bits per heavy atom. The number of carbonyl (C=O) groups is 1. The number of nitrogens with zero attached hydrogens (tertiary/aromatic N) is 1. The largest absolute Gasteiger partial charge is 0.496 e. The Kier molecular flexibility index (Phi) is 7.43. The Hall–Kier alpha value is -1.64. The lowest BCUT2D eigenvalue weighted by Crippen LogP contribution is -2.37. The summed E-state index contributed by atoms with van der Waals surface area (Å²) in [5.74, 6) is -0.0161. The summed E-state index contributed by atoms with van der Waals surface area (Å²) in [7, 11) is -2.23. The summed E-state index contributed by atoms with van der Waals surface area (Å²) in [6.45, 7) is 6.76. The first-order valence-electron chi connectivity index (χ1n) is 9.04. The lowest BCUT2D eigenvalue weighted by Gasteiger charge is -2.26. The number of benzene rings is 1. The molecule has 1 aliphatic heterocycles. The molecule has 2 N–H and O–H groups in total. The minimum Gasteiger partial charge on any atom is -0.496 e. The van der Waals surface area contributed by atoms with Crippen molar-refractivity contribution in [3.63, 3.8) is 0 Å². The van der Waals surface area contributed by atoms with E-state index in [4.69, 9.17) is 4.74 Å². The third-order valence-corrected chi connectivity index (χ3v) is 5.77. The normalized spacial score (nSPS) is 15.8. The number of likely N-dealkylation sites (tertiary alicyclic amines) is 1. The molecular formula is C18H29N3O4S. The van der Waals surface area contributed by atoms with Gasteiger partial charge in [-0.05, 0) is 58.0 Å². The highest BCUT2D eigenvalue weighted by molar-refractivity contribution is 7.89. The van der Waals surface area contributed by atoms with Crippen LogP contribution in [0.5, 0.6) is 5.75 Å². The van der Waals surface area contributed by atoms with Gasteiger partial charge in [-0.1, -0.05) is 6.42 Å². The smallest absolute Gasteiger partial charge is 0.255 e. The molecule has 0 bridgehead atoms. The Labute approximate surface area is 156 Å². The fourth-order valence-corrected chi connectivity index (χ4v) is 4.02. The van der Waals surface area contributed by atoms with Gasteiger partial charge in [-0.3, -0.25) is 4.79 Å². The van der Waals surface area contributed by atoms with E-state index in [2.05, 4.69) is 14.9 Å². The molecule has 8 heteroatoms. The molecule has 1 fully saturated rings. The Morgan fingerprint density at radius 2 is 1.92 bits per heavy atom. The van der Waals surface area contributed by atoms with Gasteiger partial charge >= 0.3 is 0 Å². The number of hydrogen-bond donors (Lipinski definition) is 2. The van der Waals surface area contributed by atoms with Gasteiger partial charge in [0.2, 0.25) is 10.0 Å². The van der Waals surface area contributed by atoms with Gasteiger partial charge in [0.1, 0.15) is 5.75 Å². The van der Waals surface area contributed by atoms with E-state index in [0.717, 1.165) is 13.1 Å². The minimum atomic E-state index is -3.68. The molecule has 0 saturated carbocycles. The second kappa shape index (κ2) is 9.34. The topological polar surface area (TPSA) is 87.7 Å². The van der Waals surface area contributed by atoms with E-state index in [1.54, 1.807) is 0 Å². The third-order valence-electron chi connectivity index (χ3n) is 4.31. The van der Waals surface area contributed by atoms with Crippen molar-refractivity contribution in [2.45, 2.75) is 44.0 Å². The zero-order valence-electron chi connectivity index (χ0n) is 15.7. The van der Waals surface area contributed by atoms with Crippen molar-refractivity contribution in [2.24, 2.45) is 0 Å². The van der Waals surface area contributed by atoms with Crippen molar-refractivity contribution < 1.29 is 17.9 Å². The van der Waals surface area contributed by atoms with Crippen LogP contribution >= 0.6 is 0 Å². The number of amides is 1. The summed E-state index contributed by atoms with van der Waals surface area (Å²) < 4.78 is 33.0. The summed E-state index contributed by atoms with van der Waals surface area (Å²) in [6, 6.07) is 4.26. The Morgan fingerprint density at radius 1 is 1.23 bits per heavy atom. The molecule has 0 unspecified atom stereocenters. The van der Waals surface area contributed by atoms with Crippen LogP contribution in [0.2, 0.25) is 0 Å². The summed E-state index contributed by atoms with van der Waals surface area (Å²) in [4.78, 5) is 14.6. The second-order valence-corrected chi connectivity index (χ2v) is 8.56. The standard InChI is InChI=1S/C18H29N3O4S/c1-14(2)20-18(22)16-13-15(7-8-17(16)25-3)26(23,24)19-9-12-21-10-5-4-6-11-21/h7-8,13-14,19H,4-6,9-12H2,1-3H3,(H,20,22). The molecule has 0 aromatic heterocycles. The first-order chi connectivity index (χ1) is 12.3. The van der Waals surface area contributed by atoms with Crippen molar-refractivity contribution in [3.05, 3.63) is 23.8 Å². The van der Waals surface area contributed by atoms with E-state index in [1.165, 1.54) is 44.6 Å². The average molecular weight is 384 g/mol. The molecule has 146 valence electrons. The van der Waals surface area contributed by atoms with E-state index < -0.39 is 10.0 Å². The monoisotopic (exact) mass is 383 g/mol. The van der Waals surface area contributed by atoms with Crippen LogP contribution in [0.1, 0.15) is 43.5 Å². The van der Waals surface area contributed by atoms with Crippen molar-refractivity contribution in [3.8, 4) is 5.75 Å². The highest BCUT2D eigenvalue weighted by Crippen LogP contribution is 2.22. The van der Waals surface area contributed by atoms with Gasteiger partial charge in [0, 0.05) is 19.1 Å². The molecule has 0 radical (unpaired) electrons. The second-order valence-electron chi connectivity index (χ2n) is 6.79. The maximum Gasteiger partial charge on any atom is 0.255 e. The van der Waals surface area contributed by atoms with E-state index in [1.807, 2.05) is 13.8 Å². The first kappa shape index (κ1) is 20.7. The van der Waals surface area contributed by atoms with Crippen molar-refractivity contribution in [1.29, 1.82) is 0 Å². The number of sulfonamides is 1. The fraction of sp³-hybridized carbons (Fsp3) is 0.611. The molecule has 26 heavy (non-hydrogen) atoms. The van der Waals surface area contributed by atoms with E-state index in [9.17, 15) is 13.2 Å². The van der Waals surface area contributed by atoms with E-state index in [0.29, 0.717) is 18.8 Å². The molecular weight excluding hydrogens is 354 g/mol. The Balaban J connectivity index is 2.08. The lowest BCUT2D eigenvalue weighted by atomic mass is 10.1. The number of rotatable bonds is 8. The average Bonchev–Trinajstić information content (AvgIpc) is 2.61. The quantitative estimate of drug-likeness (QED) is 0.712. The van der Waals surface area contributed by atoms with Crippen molar-refractivity contribution in [2.75, 3.05) is 33.3 Å². The Bertz CT molecular complexity index is 713. The van der Waals surface area contributed by atoms with Gasteiger partial charge in [-0.15, -0.1) is 0 Å². The summed E-state index contributed by atoms with van der Waals surface area (Å²) in [5, 5.41) is 2.76. The van der Waals surface area contributed by atoms with Gasteiger partial charge in [0.25, 0.3) is 5.91 Å². The fourth-order valence-electron chi connectivity index (χ4n) is 2.98. The molecule has 2 rings (SSSR count). The van der Waals surface area contributed by atoms with Gasteiger partial charge in [-0.2, -0.15) is 0 Å². The molecule has 1 saturated heterocycles. The summed E-state index contributed by atoms with van der Waals surface area (Å²) in [5.41, 5.74) is 0.208. The van der Waals surface area contributed by atoms with E-state index in [-0.39, 0.29) is 22.4 Å². The van der Waals surface area contributed by atoms with Crippen molar-refractivity contribution in [1.82, 2.24) is 14.9 Å². The molecule has 1 heterocycles. The maximum absolute atomic E-state index is 12.6. The molecule has 1 aliphatic rings. The zero-order valence-corrected chi connectivity index (χ0v) is 16.6. The van der Waals surface area contributed by atoms with Gasteiger partial charge < -0.3 is 15.0 Å². The summed E-state index contributed by atoms with van der Waals surface area (Å²) in [6.07, 6.45) is 3.58. The van der Waals surface area contributed by atoms with Crippen LogP contribution in [-0.2, 0) is 10.0 Å². The van der Waals surface area contributed by atoms with Crippen LogP contribution in [0.15, 0.2) is 23.1 Å². The molecule has 1 aromatic carbocycles. The SMILES string of the molecule is COc1ccc(S(=O)(=O)NCCN2CCCCC2)cc1C(=O)NC(C)C. The molecule has 0 spiro atoms. The predicted octanol–water partition coefficient (Wildman–Crippen LogP) is 1.60. The number of carbonyl (C=O) groups excluding carboxylic acids is 1. The highest BCUT2D eigenvalue weighted by Gasteiger charge is 2.20. The zero-order chi connectivity index (χ0) is 19.2. The third kappa shape index (κ3) is 5.69. The van der Waals surface area contributed by atoms with E-state index >= 15 is 0 Å². The molecule has 0 aliphatic carbocycles. The highest BCUT2D eigenvalue weighted by atomic mass is 32.2. The molecule has 0 atom stereocenters. The summed E-state index contributed by atoms with van der Waals surface area (Å²) >= 11 is 0. The van der Waals surface area contributed by atoms with Crippen LogP contribution in [0.3, 0.4) is 0 Å². The van der Waals surface area contributed by atoms with Crippen molar-refractivity contribution >= 4 is 15.9 Å². The predicted molar refractivity (Wildman–Crippen MR) is 101 cm³/mol. The van der Waals surface area contributed by atoms with Crippen LogP contribution < -0.4 is 14.8 Å². The van der Waals surface area contributed by atoms with Crippen LogP contribution in [0, 0.1) is 0 Å². The maximum atomic E-state index is 12.6. The van der Waals surface area contributed by atoms with Gasteiger partial charge in [-0.25, -0.2) is 13.1 Å². The number of ether oxygens (including phenoxy) is 1. The van der Waals surface area contributed by atoms with Crippen LogP contribution in [-0.4, -0.2) is 58.6 Å². The number of piperidine rings is 1. The molecule has 1 aromatic rings. The van der Waals surface area contributed by atoms with Gasteiger partial charge in [0.15, 0.2) is 0 Å². The number of methoxy groups -OCH3 is 1. The lowest BCUT2D eigenvalue weighted by molar-refractivity contribution is 0.0940.